The molecule has 0 atom stereocenters. The van der Waals surface area contributed by atoms with Crippen LogP contribution in [0.5, 0.6) is 0 Å². The number of nitrogens with one attached hydrogen (secondary N) is 2. The third kappa shape index (κ3) is 4.49. The van der Waals surface area contributed by atoms with Crippen LogP contribution >= 0.6 is 35.4 Å². The van der Waals surface area contributed by atoms with Crippen molar-refractivity contribution in [3.8, 4) is 0 Å². The zero-order valence-electron chi connectivity index (χ0n) is 10.3. The summed E-state index contributed by atoms with van der Waals surface area (Å²) in [7, 11) is 0. The lowest BCUT2D eigenvalue weighted by molar-refractivity contribution is 1.05. The molecule has 0 bridgehead atoms. The topological polar surface area (TPSA) is 36.4 Å². The summed E-state index contributed by atoms with van der Waals surface area (Å²) >= 11 is 17.0. The molecule has 0 amide bonds. The number of halogens is 2. The molecule has 0 radical (unpaired) electrons. The minimum Gasteiger partial charge on any atom is -0.331 e. The van der Waals surface area contributed by atoms with Gasteiger partial charge in [-0.2, -0.15) is 5.10 Å². The predicted molar refractivity (Wildman–Crippen MR) is 89.9 cm³/mol. The Morgan fingerprint density at radius 2 is 1.85 bits per heavy atom. The van der Waals surface area contributed by atoms with E-state index in [1.165, 1.54) is 0 Å². The summed E-state index contributed by atoms with van der Waals surface area (Å²) in [6.45, 7) is 0. The number of thiocarbonyl (C=S) groups is 1. The van der Waals surface area contributed by atoms with E-state index in [4.69, 9.17) is 35.4 Å². The molecule has 20 heavy (non-hydrogen) atoms. The molecule has 2 aromatic rings. The normalized spacial score (nSPS) is 10.5. The number of hydrazone groups is 1. The Kier molecular flexibility index (Phi) is 5.35. The maximum Gasteiger partial charge on any atom is 0.191 e. The molecule has 2 aromatic carbocycles. The number of hydrogen-bond acceptors (Lipinski definition) is 2. The fraction of sp³-hybridized carbons (Fsp3) is 0. The highest BCUT2D eigenvalue weighted by molar-refractivity contribution is 7.80. The first-order valence-electron chi connectivity index (χ1n) is 5.75. The number of benzene rings is 2. The fourth-order valence-electron chi connectivity index (χ4n) is 1.45. The van der Waals surface area contributed by atoms with Crippen molar-refractivity contribution in [1.82, 2.24) is 5.43 Å². The smallest absolute Gasteiger partial charge is 0.191 e. The Morgan fingerprint density at radius 1 is 1.10 bits per heavy atom. The van der Waals surface area contributed by atoms with E-state index in [0.717, 1.165) is 11.3 Å². The molecule has 102 valence electrons. The Labute approximate surface area is 132 Å². The number of rotatable bonds is 3. The van der Waals surface area contributed by atoms with Crippen LogP contribution in [0, 0.1) is 0 Å². The second-order valence-electron chi connectivity index (χ2n) is 3.86. The first-order valence-corrected chi connectivity index (χ1v) is 6.92. The van der Waals surface area contributed by atoms with Crippen LogP contribution in [-0.4, -0.2) is 11.3 Å². The number of hydrogen-bond donors (Lipinski definition) is 2. The summed E-state index contributed by atoms with van der Waals surface area (Å²) in [5.74, 6) is 0. The lowest BCUT2D eigenvalue weighted by Crippen LogP contribution is -2.23. The molecule has 3 nitrogen and oxygen atoms in total. The van der Waals surface area contributed by atoms with Gasteiger partial charge in [0, 0.05) is 16.3 Å². The van der Waals surface area contributed by atoms with Crippen molar-refractivity contribution >= 4 is 52.4 Å². The monoisotopic (exact) mass is 323 g/mol. The van der Waals surface area contributed by atoms with Crippen LogP contribution in [0.15, 0.2) is 53.6 Å². The fourth-order valence-corrected chi connectivity index (χ4v) is 2.08. The first kappa shape index (κ1) is 14.8. The van der Waals surface area contributed by atoms with E-state index in [2.05, 4.69) is 15.8 Å². The van der Waals surface area contributed by atoms with E-state index >= 15 is 0 Å². The molecule has 0 saturated heterocycles. The quantitative estimate of drug-likeness (QED) is 0.502. The van der Waals surface area contributed by atoms with Crippen molar-refractivity contribution in [2.45, 2.75) is 0 Å². The molecule has 0 saturated carbocycles. The van der Waals surface area contributed by atoms with Gasteiger partial charge in [-0.25, -0.2) is 0 Å². The largest absolute Gasteiger partial charge is 0.331 e. The molecular weight excluding hydrogens is 313 g/mol. The SMILES string of the molecule is S=C(N/N=C/c1ccc(Cl)cc1Cl)Nc1ccccc1. The van der Waals surface area contributed by atoms with Gasteiger partial charge in [0.15, 0.2) is 5.11 Å². The van der Waals surface area contributed by atoms with Gasteiger partial charge in [-0.1, -0.05) is 47.5 Å². The van der Waals surface area contributed by atoms with Crippen molar-refractivity contribution in [3.63, 3.8) is 0 Å². The van der Waals surface area contributed by atoms with E-state index < -0.39 is 0 Å². The van der Waals surface area contributed by atoms with Gasteiger partial charge in [-0.3, -0.25) is 5.43 Å². The number of para-hydroxylation sites is 1. The second kappa shape index (κ2) is 7.24. The molecule has 2 rings (SSSR count). The molecule has 0 aromatic heterocycles. The lowest BCUT2D eigenvalue weighted by Gasteiger charge is -2.06. The van der Waals surface area contributed by atoms with Gasteiger partial charge in [0.1, 0.15) is 0 Å². The summed E-state index contributed by atoms with van der Waals surface area (Å²) in [5.41, 5.74) is 4.37. The van der Waals surface area contributed by atoms with Gasteiger partial charge in [0.2, 0.25) is 0 Å². The highest BCUT2D eigenvalue weighted by Gasteiger charge is 1.98. The van der Waals surface area contributed by atoms with Crippen LogP contribution in [0.3, 0.4) is 0 Å². The third-order valence-corrected chi connectivity index (χ3v) is 3.12. The summed E-state index contributed by atoms with van der Waals surface area (Å²) in [5, 5.41) is 8.54. The molecule has 0 aliphatic rings. The summed E-state index contributed by atoms with van der Waals surface area (Å²) in [6, 6.07) is 14.8. The zero-order chi connectivity index (χ0) is 14.4. The van der Waals surface area contributed by atoms with Crippen LogP contribution in [0.4, 0.5) is 5.69 Å². The minimum atomic E-state index is 0.400. The zero-order valence-corrected chi connectivity index (χ0v) is 12.6. The van der Waals surface area contributed by atoms with Crippen LogP contribution in [0.1, 0.15) is 5.56 Å². The Hall–Kier alpha value is -1.62. The molecule has 0 unspecified atom stereocenters. The minimum absolute atomic E-state index is 0.400. The molecule has 0 fully saturated rings. The van der Waals surface area contributed by atoms with Crippen LogP contribution < -0.4 is 10.7 Å². The molecule has 6 heteroatoms. The molecule has 0 aliphatic heterocycles. The molecule has 0 aliphatic carbocycles. The van der Waals surface area contributed by atoms with Gasteiger partial charge >= 0.3 is 0 Å². The molecule has 0 heterocycles. The predicted octanol–water partition coefficient (Wildman–Crippen LogP) is 4.31. The van der Waals surface area contributed by atoms with Gasteiger partial charge in [0.05, 0.1) is 11.2 Å². The van der Waals surface area contributed by atoms with Crippen molar-refractivity contribution < 1.29 is 0 Å². The summed E-state index contributed by atoms with van der Waals surface area (Å²) < 4.78 is 0. The van der Waals surface area contributed by atoms with E-state index in [0.29, 0.717) is 15.2 Å². The first-order chi connectivity index (χ1) is 9.65. The van der Waals surface area contributed by atoms with Crippen molar-refractivity contribution in [2.75, 3.05) is 5.32 Å². The third-order valence-electron chi connectivity index (χ3n) is 2.36. The Bertz CT molecular complexity index is 630. The highest BCUT2D eigenvalue weighted by Crippen LogP contribution is 2.19. The van der Waals surface area contributed by atoms with Crippen molar-refractivity contribution in [3.05, 3.63) is 64.1 Å². The van der Waals surface area contributed by atoms with Gasteiger partial charge in [0.25, 0.3) is 0 Å². The van der Waals surface area contributed by atoms with E-state index in [1.54, 1.807) is 24.4 Å². The maximum atomic E-state index is 6.02. The van der Waals surface area contributed by atoms with Crippen molar-refractivity contribution in [2.24, 2.45) is 5.10 Å². The molecule has 0 spiro atoms. The Morgan fingerprint density at radius 3 is 2.55 bits per heavy atom. The lowest BCUT2D eigenvalue weighted by atomic mass is 10.2. The van der Waals surface area contributed by atoms with Crippen LogP contribution in [0.2, 0.25) is 10.0 Å². The molecule has 2 N–H and O–H groups in total. The Balaban J connectivity index is 1.91. The summed E-state index contributed by atoms with van der Waals surface area (Å²) in [6.07, 6.45) is 1.58. The summed E-state index contributed by atoms with van der Waals surface area (Å²) in [4.78, 5) is 0. The van der Waals surface area contributed by atoms with Gasteiger partial charge in [-0.05, 0) is 36.5 Å². The maximum absolute atomic E-state index is 6.02. The van der Waals surface area contributed by atoms with E-state index in [1.807, 2.05) is 30.3 Å². The van der Waals surface area contributed by atoms with Crippen LogP contribution in [0.25, 0.3) is 0 Å². The highest BCUT2D eigenvalue weighted by atomic mass is 35.5. The average molecular weight is 324 g/mol. The number of nitrogens with zero attached hydrogens (tertiary/aromatic N) is 1. The molecular formula is C14H11Cl2N3S. The van der Waals surface area contributed by atoms with Crippen molar-refractivity contribution in [1.29, 1.82) is 0 Å². The van der Waals surface area contributed by atoms with E-state index in [9.17, 15) is 0 Å². The van der Waals surface area contributed by atoms with Gasteiger partial charge in [-0.15, -0.1) is 0 Å². The standard InChI is InChI=1S/C14H11Cl2N3S/c15-11-7-6-10(13(16)8-11)9-17-19-14(20)18-12-4-2-1-3-5-12/h1-9H,(H2,18,19,20)/b17-9+. The van der Waals surface area contributed by atoms with E-state index in [-0.39, 0.29) is 0 Å². The number of anilines is 1. The van der Waals surface area contributed by atoms with Crippen LogP contribution in [-0.2, 0) is 0 Å². The average Bonchev–Trinajstić information content (AvgIpc) is 2.42. The van der Waals surface area contributed by atoms with Gasteiger partial charge < -0.3 is 5.32 Å². The second-order valence-corrected chi connectivity index (χ2v) is 5.11.